The molecule has 0 aliphatic carbocycles. The van der Waals surface area contributed by atoms with Crippen LogP contribution in [-0.4, -0.2) is 62.7 Å². The van der Waals surface area contributed by atoms with Gasteiger partial charge in [0.2, 0.25) is 11.1 Å². The second-order valence-electron chi connectivity index (χ2n) is 7.46. The van der Waals surface area contributed by atoms with Crippen LogP contribution in [0.4, 0.5) is 0 Å². The Morgan fingerprint density at radius 2 is 1.74 bits per heavy atom. The van der Waals surface area contributed by atoms with Gasteiger partial charge in [0.15, 0.2) is 9.84 Å². The standard InChI is InChI=1S/C21H23N5O3S2/c27-20(15-30-21-22-23-24-26(21)14-18-9-5-2-6-10-18)25(13-17-7-3-1-4-8-17)19-11-12-31(28,29)16-19/h1-10,19H,11-16H2/t19-/m0/s1. The maximum absolute atomic E-state index is 13.1. The maximum atomic E-state index is 13.1. The van der Waals surface area contributed by atoms with Crippen molar-refractivity contribution in [1.82, 2.24) is 25.1 Å². The first kappa shape index (κ1) is 21.5. The number of thioether (sulfide) groups is 1. The van der Waals surface area contributed by atoms with Gasteiger partial charge in [0, 0.05) is 12.6 Å². The summed E-state index contributed by atoms with van der Waals surface area (Å²) < 4.78 is 25.7. The Balaban J connectivity index is 1.45. The second-order valence-corrected chi connectivity index (χ2v) is 10.6. The summed E-state index contributed by atoms with van der Waals surface area (Å²) in [5.74, 6) is 0.157. The lowest BCUT2D eigenvalue weighted by atomic mass is 10.1. The molecule has 1 aromatic heterocycles. The van der Waals surface area contributed by atoms with Crippen molar-refractivity contribution in [3.8, 4) is 0 Å². The average Bonchev–Trinajstić information content (AvgIpc) is 3.37. The predicted octanol–water partition coefficient (Wildman–Crippen LogP) is 2.03. The van der Waals surface area contributed by atoms with Gasteiger partial charge >= 0.3 is 0 Å². The van der Waals surface area contributed by atoms with E-state index in [0.29, 0.717) is 24.7 Å². The van der Waals surface area contributed by atoms with Crippen LogP contribution < -0.4 is 0 Å². The molecule has 1 atom stereocenters. The number of nitrogens with zero attached hydrogens (tertiary/aromatic N) is 5. The molecule has 0 bridgehead atoms. The largest absolute Gasteiger partial charge is 0.334 e. The number of hydrogen-bond acceptors (Lipinski definition) is 7. The molecule has 0 radical (unpaired) electrons. The molecule has 0 N–H and O–H groups in total. The summed E-state index contributed by atoms with van der Waals surface area (Å²) in [6, 6.07) is 19.1. The fourth-order valence-electron chi connectivity index (χ4n) is 3.59. The number of tetrazole rings is 1. The summed E-state index contributed by atoms with van der Waals surface area (Å²) >= 11 is 1.26. The summed E-state index contributed by atoms with van der Waals surface area (Å²) in [6.07, 6.45) is 0.470. The van der Waals surface area contributed by atoms with Gasteiger partial charge in [0.1, 0.15) is 0 Å². The molecule has 0 unspecified atom stereocenters. The van der Waals surface area contributed by atoms with Crippen LogP contribution in [0.2, 0.25) is 0 Å². The molecular formula is C21H23N5O3S2. The molecule has 1 saturated heterocycles. The first-order valence-corrected chi connectivity index (χ1v) is 12.8. The Bertz CT molecular complexity index is 1120. The monoisotopic (exact) mass is 457 g/mol. The van der Waals surface area contributed by atoms with Crippen LogP contribution >= 0.6 is 11.8 Å². The van der Waals surface area contributed by atoms with Gasteiger partial charge in [-0.2, -0.15) is 0 Å². The lowest BCUT2D eigenvalue weighted by Crippen LogP contribution is -2.41. The van der Waals surface area contributed by atoms with Gasteiger partial charge in [-0.1, -0.05) is 72.4 Å². The lowest BCUT2D eigenvalue weighted by Gasteiger charge is -2.28. The molecule has 8 nitrogen and oxygen atoms in total. The van der Waals surface area contributed by atoms with E-state index in [9.17, 15) is 13.2 Å². The van der Waals surface area contributed by atoms with Crippen molar-refractivity contribution in [2.24, 2.45) is 0 Å². The van der Waals surface area contributed by atoms with Crippen molar-refractivity contribution in [1.29, 1.82) is 0 Å². The van der Waals surface area contributed by atoms with Crippen molar-refractivity contribution >= 4 is 27.5 Å². The number of amides is 1. The minimum Gasteiger partial charge on any atom is -0.334 e. The van der Waals surface area contributed by atoms with Gasteiger partial charge in [-0.15, -0.1) is 5.10 Å². The van der Waals surface area contributed by atoms with Crippen molar-refractivity contribution in [2.75, 3.05) is 17.3 Å². The van der Waals surface area contributed by atoms with Gasteiger partial charge in [0.25, 0.3) is 0 Å². The first-order chi connectivity index (χ1) is 15.0. The van der Waals surface area contributed by atoms with Crippen LogP contribution in [-0.2, 0) is 27.7 Å². The highest BCUT2D eigenvalue weighted by molar-refractivity contribution is 7.99. The molecule has 1 amide bonds. The molecule has 1 aliphatic heterocycles. The van der Waals surface area contributed by atoms with Crippen molar-refractivity contribution < 1.29 is 13.2 Å². The molecule has 2 heterocycles. The van der Waals surface area contributed by atoms with Crippen LogP contribution in [0, 0.1) is 0 Å². The third kappa shape index (κ3) is 5.71. The SMILES string of the molecule is O=C(CSc1nnnn1Cc1ccccc1)N(Cc1ccccc1)[C@H]1CCS(=O)(=O)C1. The summed E-state index contributed by atoms with van der Waals surface area (Å²) in [6.45, 7) is 0.897. The van der Waals surface area contributed by atoms with Crippen LogP contribution in [0.15, 0.2) is 65.8 Å². The number of benzene rings is 2. The van der Waals surface area contributed by atoms with E-state index in [1.165, 1.54) is 11.8 Å². The summed E-state index contributed by atoms with van der Waals surface area (Å²) in [5.41, 5.74) is 2.03. The smallest absolute Gasteiger partial charge is 0.233 e. The molecule has 1 aliphatic rings. The number of hydrogen-bond donors (Lipinski definition) is 0. The third-order valence-corrected chi connectivity index (χ3v) is 7.86. The average molecular weight is 458 g/mol. The number of carbonyl (C=O) groups excluding carboxylic acids is 1. The molecule has 10 heteroatoms. The van der Waals surface area contributed by atoms with Gasteiger partial charge in [0.05, 0.1) is 23.8 Å². The van der Waals surface area contributed by atoms with E-state index in [0.717, 1.165) is 11.1 Å². The normalized spacial score (nSPS) is 17.5. The van der Waals surface area contributed by atoms with Crippen LogP contribution in [0.25, 0.3) is 0 Å². The van der Waals surface area contributed by atoms with Crippen molar-refractivity contribution in [3.05, 3.63) is 71.8 Å². The van der Waals surface area contributed by atoms with Gasteiger partial charge in [-0.05, 0) is 28.0 Å². The highest BCUT2D eigenvalue weighted by Gasteiger charge is 2.34. The number of sulfone groups is 1. The van der Waals surface area contributed by atoms with E-state index in [2.05, 4.69) is 15.5 Å². The zero-order chi connectivity index (χ0) is 21.7. The van der Waals surface area contributed by atoms with Gasteiger partial charge in [-0.25, -0.2) is 13.1 Å². The summed E-state index contributed by atoms with van der Waals surface area (Å²) in [7, 11) is -3.10. The molecule has 0 spiro atoms. The molecule has 0 saturated carbocycles. The lowest BCUT2D eigenvalue weighted by molar-refractivity contribution is -0.130. The topological polar surface area (TPSA) is 98.1 Å². The molecule has 2 aromatic carbocycles. The Labute approximate surface area is 185 Å². The Hall–Kier alpha value is -2.72. The van der Waals surface area contributed by atoms with E-state index in [4.69, 9.17) is 0 Å². The molecule has 3 aromatic rings. The van der Waals surface area contributed by atoms with Gasteiger partial charge in [-0.3, -0.25) is 4.79 Å². The highest BCUT2D eigenvalue weighted by Crippen LogP contribution is 2.23. The predicted molar refractivity (Wildman–Crippen MR) is 118 cm³/mol. The zero-order valence-electron chi connectivity index (χ0n) is 16.9. The summed E-state index contributed by atoms with van der Waals surface area (Å²) in [4.78, 5) is 14.8. The Morgan fingerprint density at radius 1 is 1.06 bits per heavy atom. The molecular weight excluding hydrogens is 434 g/mol. The van der Waals surface area contributed by atoms with E-state index < -0.39 is 9.84 Å². The number of rotatable bonds is 8. The van der Waals surface area contributed by atoms with E-state index in [1.54, 1.807) is 9.58 Å². The van der Waals surface area contributed by atoms with Crippen molar-refractivity contribution in [3.63, 3.8) is 0 Å². The number of aromatic nitrogens is 4. The first-order valence-electron chi connectivity index (χ1n) is 9.97. The fourth-order valence-corrected chi connectivity index (χ4v) is 6.08. The van der Waals surface area contributed by atoms with E-state index in [-0.39, 0.29) is 29.2 Å². The molecule has 1 fully saturated rings. The van der Waals surface area contributed by atoms with Gasteiger partial charge < -0.3 is 4.90 Å². The Kier molecular flexibility index (Phi) is 6.67. The molecule has 162 valence electrons. The second kappa shape index (κ2) is 9.61. The third-order valence-electron chi connectivity index (χ3n) is 5.16. The van der Waals surface area contributed by atoms with E-state index >= 15 is 0 Å². The number of carbonyl (C=O) groups is 1. The molecule has 4 rings (SSSR count). The van der Waals surface area contributed by atoms with Crippen LogP contribution in [0.1, 0.15) is 17.5 Å². The Morgan fingerprint density at radius 3 is 2.39 bits per heavy atom. The fraction of sp³-hybridized carbons (Fsp3) is 0.333. The van der Waals surface area contributed by atoms with Crippen molar-refractivity contribution in [2.45, 2.75) is 30.7 Å². The van der Waals surface area contributed by atoms with E-state index in [1.807, 2.05) is 60.7 Å². The van der Waals surface area contributed by atoms with Crippen LogP contribution in [0.3, 0.4) is 0 Å². The molecule has 31 heavy (non-hydrogen) atoms. The van der Waals surface area contributed by atoms with Crippen LogP contribution in [0.5, 0.6) is 0 Å². The quantitative estimate of drug-likeness (QED) is 0.477. The zero-order valence-corrected chi connectivity index (χ0v) is 18.5. The highest BCUT2D eigenvalue weighted by atomic mass is 32.2. The minimum absolute atomic E-state index is 0.0159. The maximum Gasteiger partial charge on any atom is 0.233 e. The minimum atomic E-state index is -3.10. The summed E-state index contributed by atoms with van der Waals surface area (Å²) in [5, 5.41) is 12.4.